The van der Waals surface area contributed by atoms with Crippen molar-refractivity contribution in [2.75, 3.05) is 11.4 Å². The van der Waals surface area contributed by atoms with E-state index in [4.69, 9.17) is 0 Å². The topological polar surface area (TPSA) is 69.7 Å². The van der Waals surface area contributed by atoms with Gasteiger partial charge in [0, 0.05) is 11.7 Å². The average molecular weight is 289 g/mol. The van der Waals surface area contributed by atoms with Crippen molar-refractivity contribution in [3.05, 3.63) is 30.3 Å². The predicted molar refractivity (Wildman–Crippen MR) is 78.8 cm³/mol. The number of anilines is 1. The van der Waals surface area contributed by atoms with Crippen molar-refractivity contribution in [3.8, 4) is 0 Å². The molecule has 6 nitrogen and oxygen atoms in total. The van der Waals surface area contributed by atoms with Gasteiger partial charge in [-0.2, -0.15) is 0 Å². The van der Waals surface area contributed by atoms with E-state index in [1.165, 1.54) is 4.90 Å². The molecule has 0 saturated carbocycles. The number of hydrogen-bond donors (Lipinski definition) is 1. The first kappa shape index (κ1) is 15.0. The molecule has 6 heteroatoms. The second-order valence-corrected chi connectivity index (χ2v) is 5.31. The molecule has 1 aromatic carbocycles. The first-order valence-corrected chi connectivity index (χ1v) is 6.90. The molecule has 0 aromatic heterocycles. The standard InChI is InChI=1S/C15H19N3O3/c1-10(2)16-13(19)9-17-14(20)11(3)18(15(17)21)12-7-5-4-6-8-12/h4-8,10-11H,9H2,1-3H3,(H,16,19). The average Bonchev–Trinajstić information content (AvgIpc) is 2.63. The number of para-hydroxylation sites is 1. The van der Waals surface area contributed by atoms with E-state index < -0.39 is 12.1 Å². The molecular weight excluding hydrogens is 270 g/mol. The summed E-state index contributed by atoms with van der Waals surface area (Å²) < 4.78 is 0. The molecule has 0 radical (unpaired) electrons. The van der Waals surface area contributed by atoms with Crippen LogP contribution in [0, 0.1) is 0 Å². The van der Waals surface area contributed by atoms with Crippen LogP contribution in [0.4, 0.5) is 10.5 Å². The van der Waals surface area contributed by atoms with Gasteiger partial charge >= 0.3 is 6.03 Å². The molecule has 1 aromatic rings. The molecule has 1 aliphatic rings. The molecule has 1 saturated heterocycles. The van der Waals surface area contributed by atoms with E-state index in [1.54, 1.807) is 31.2 Å². The van der Waals surface area contributed by atoms with E-state index in [9.17, 15) is 14.4 Å². The van der Waals surface area contributed by atoms with Crippen LogP contribution < -0.4 is 10.2 Å². The largest absolute Gasteiger partial charge is 0.352 e. The normalized spacial score (nSPS) is 18.6. The summed E-state index contributed by atoms with van der Waals surface area (Å²) in [5.74, 6) is -0.698. The van der Waals surface area contributed by atoms with Gasteiger partial charge in [-0.05, 0) is 32.9 Å². The zero-order chi connectivity index (χ0) is 15.6. The maximum Gasteiger partial charge on any atom is 0.332 e. The van der Waals surface area contributed by atoms with Crippen molar-refractivity contribution in [2.24, 2.45) is 0 Å². The first-order valence-electron chi connectivity index (χ1n) is 6.90. The number of imide groups is 1. The van der Waals surface area contributed by atoms with Gasteiger partial charge in [0.2, 0.25) is 5.91 Å². The van der Waals surface area contributed by atoms with Crippen LogP contribution in [-0.4, -0.2) is 41.4 Å². The molecule has 112 valence electrons. The summed E-state index contributed by atoms with van der Waals surface area (Å²) in [6.07, 6.45) is 0. The van der Waals surface area contributed by atoms with Crippen LogP contribution in [0.5, 0.6) is 0 Å². The molecule has 0 bridgehead atoms. The number of amides is 4. The Balaban J connectivity index is 2.17. The maximum absolute atomic E-state index is 12.4. The minimum atomic E-state index is -0.605. The summed E-state index contributed by atoms with van der Waals surface area (Å²) in [6, 6.07) is 7.86. The van der Waals surface area contributed by atoms with Gasteiger partial charge in [-0.1, -0.05) is 18.2 Å². The Kier molecular flexibility index (Phi) is 4.26. The lowest BCUT2D eigenvalue weighted by molar-refractivity contribution is -0.132. The number of carbonyl (C=O) groups excluding carboxylic acids is 3. The van der Waals surface area contributed by atoms with Gasteiger partial charge in [0.1, 0.15) is 12.6 Å². The summed E-state index contributed by atoms with van der Waals surface area (Å²) in [6.45, 7) is 5.06. The van der Waals surface area contributed by atoms with Gasteiger partial charge in [-0.15, -0.1) is 0 Å². The van der Waals surface area contributed by atoms with Gasteiger partial charge in [0.25, 0.3) is 5.91 Å². The summed E-state index contributed by atoms with van der Waals surface area (Å²) in [5.41, 5.74) is 0.648. The molecule has 21 heavy (non-hydrogen) atoms. The van der Waals surface area contributed by atoms with Crippen molar-refractivity contribution in [2.45, 2.75) is 32.9 Å². The van der Waals surface area contributed by atoms with Crippen LogP contribution >= 0.6 is 0 Å². The van der Waals surface area contributed by atoms with E-state index in [0.29, 0.717) is 5.69 Å². The lowest BCUT2D eigenvalue weighted by Crippen LogP contribution is -2.43. The van der Waals surface area contributed by atoms with E-state index in [0.717, 1.165) is 4.90 Å². The molecule has 4 amide bonds. The Hall–Kier alpha value is -2.37. The van der Waals surface area contributed by atoms with Gasteiger partial charge in [-0.25, -0.2) is 4.79 Å². The van der Waals surface area contributed by atoms with Crippen molar-refractivity contribution in [1.82, 2.24) is 10.2 Å². The number of urea groups is 1. The number of nitrogens with one attached hydrogen (secondary N) is 1. The molecule has 2 rings (SSSR count). The zero-order valence-electron chi connectivity index (χ0n) is 12.4. The highest BCUT2D eigenvalue weighted by Crippen LogP contribution is 2.25. The monoisotopic (exact) mass is 289 g/mol. The Morgan fingerprint density at radius 2 is 1.86 bits per heavy atom. The molecular formula is C15H19N3O3. The smallest absolute Gasteiger partial charge is 0.332 e. The number of carbonyl (C=O) groups is 3. The molecule has 1 unspecified atom stereocenters. The van der Waals surface area contributed by atoms with Crippen LogP contribution in [-0.2, 0) is 9.59 Å². The third kappa shape index (κ3) is 3.04. The van der Waals surface area contributed by atoms with Crippen molar-refractivity contribution in [3.63, 3.8) is 0 Å². The van der Waals surface area contributed by atoms with E-state index in [1.807, 2.05) is 19.9 Å². The fourth-order valence-corrected chi connectivity index (χ4v) is 2.31. The lowest BCUT2D eigenvalue weighted by Gasteiger charge is -2.19. The molecule has 0 aliphatic carbocycles. The second kappa shape index (κ2) is 5.95. The second-order valence-electron chi connectivity index (χ2n) is 5.31. The highest BCUT2D eigenvalue weighted by Gasteiger charge is 2.43. The molecule has 1 aliphatic heterocycles. The number of hydrogen-bond acceptors (Lipinski definition) is 3. The number of benzene rings is 1. The Bertz CT molecular complexity index is 557. The minimum absolute atomic E-state index is 0.0343. The van der Waals surface area contributed by atoms with Gasteiger partial charge < -0.3 is 5.32 Å². The van der Waals surface area contributed by atoms with E-state index in [2.05, 4.69) is 5.32 Å². The van der Waals surface area contributed by atoms with E-state index >= 15 is 0 Å². The Morgan fingerprint density at radius 1 is 1.24 bits per heavy atom. The van der Waals surface area contributed by atoms with Crippen LogP contribution in [0.2, 0.25) is 0 Å². The van der Waals surface area contributed by atoms with Gasteiger partial charge in [-0.3, -0.25) is 19.4 Å². The highest BCUT2D eigenvalue weighted by molar-refractivity contribution is 6.15. The third-order valence-corrected chi connectivity index (χ3v) is 3.23. The number of nitrogens with zero attached hydrogens (tertiary/aromatic N) is 2. The lowest BCUT2D eigenvalue weighted by atomic mass is 10.2. The fraction of sp³-hybridized carbons (Fsp3) is 0.400. The summed E-state index contributed by atoms with van der Waals surface area (Å²) in [5, 5.41) is 2.68. The van der Waals surface area contributed by atoms with Crippen molar-refractivity contribution in [1.29, 1.82) is 0 Å². The van der Waals surface area contributed by atoms with Crippen LogP contribution in [0.15, 0.2) is 30.3 Å². The summed E-state index contributed by atoms with van der Waals surface area (Å²) >= 11 is 0. The van der Waals surface area contributed by atoms with Gasteiger partial charge in [0.15, 0.2) is 0 Å². The zero-order valence-corrected chi connectivity index (χ0v) is 12.4. The highest BCUT2D eigenvalue weighted by atomic mass is 16.2. The maximum atomic E-state index is 12.4. The molecule has 1 N–H and O–H groups in total. The van der Waals surface area contributed by atoms with E-state index in [-0.39, 0.29) is 24.4 Å². The summed E-state index contributed by atoms with van der Waals surface area (Å²) in [7, 11) is 0. The Labute approximate surface area is 123 Å². The van der Waals surface area contributed by atoms with Crippen LogP contribution in [0.3, 0.4) is 0 Å². The molecule has 1 fully saturated rings. The minimum Gasteiger partial charge on any atom is -0.352 e. The molecule has 1 atom stereocenters. The number of rotatable bonds is 4. The quantitative estimate of drug-likeness (QED) is 0.851. The Morgan fingerprint density at radius 3 is 2.43 bits per heavy atom. The fourth-order valence-electron chi connectivity index (χ4n) is 2.31. The molecule has 0 spiro atoms. The predicted octanol–water partition coefficient (Wildman–Crippen LogP) is 1.37. The van der Waals surface area contributed by atoms with Crippen LogP contribution in [0.25, 0.3) is 0 Å². The van der Waals surface area contributed by atoms with Crippen molar-refractivity contribution >= 4 is 23.5 Å². The van der Waals surface area contributed by atoms with Crippen molar-refractivity contribution < 1.29 is 14.4 Å². The summed E-state index contributed by atoms with van der Waals surface area (Å²) in [4.78, 5) is 38.8. The first-order chi connectivity index (χ1) is 9.91. The third-order valence-electron chi connectivity index (χ3n) is 3.23. The SMILES string of the molecule is CC(C)NC(=O)CN1C(=O)C(C)N(c2ccccc2)C1=O. The van der Waals surface area contributed by atoms with Gasteiger partial charge in [0.05, 0.1) is 0 Å². The molecule has 1 heterocycles. The van der Waals surface area contributed by atoms with Crippen LogP contribution in [0.1, 0.15) is 20.8 Å².